The van der Waals surface area contributed by atoms with Gasteiger partial charge in [0.1, 0.15) is 5.69 Å². The van der Waals surface area contributed by atoms with Crippen LogP contribution in [0.1, 0.15) is 0 Å². The summed E-state index contributed by atoms with van der Waals surface area (Å²) >= 11 is 5.85. The molecule has 0 saturated carbocycles. The molecule has 76 valence electrons. The predicted molar refractivity (Wildman–Crippen MR) is 60.3 cm³/mol. The molecule has 0 aliphatic carbocycles. The van der Waals surface area contributed by atoms with Gasteiger partial charge in [-0.3, -0.25) is 0 Å². The van der Waals surface area contributed by atoms with E-state index in [0.717, 1.165) is 10.3 Å². The molecule has 2 aromatic rings. The maximum Gasteiger partial charge on any atom is 0.246 e. The van der Waals surface area contributed by atoms with Crippen LogP contribution in [0.2, 0.25) is 5.02 Å². The van der Waals surface area contributed by atoms with E-state index in [1.807, 2.05) is 0 Å². The van der Waals surface area contributed by atoms with Gasteiger partial charge in [0, 0.05) is 11.1 Å². The third-order valence-electron chi connectivity index (χ3n) is 2.09. The quantitative estimate of drug-likeness (QED) is 0.592. The van der Waals surface area contributed by atoms with E-state index in [9.17, 15) is 5.21 Å². The molecule has 0 spiro atoms. The van der Waals surface area contributed by atoms with Crippen LogP contribution >= 0.6 is 11.6 Å². The van der Waals surface area contributed by atoms with E-state index in [1.165, 1.54) is 6.20 Å². The van der Waals surface area contributed by atoms with Crippen molar-refractivity contribution in [3.05, 3.63) is 52.8 Å². The Hall–Kier alpha value is -1.74. The van der Waals surface area contributed by atoms with Crippen LogP contribution in [0.4, 0.5) is 5.69 Å². The molecule has 1 aromatic heterocycles. The molecule has 0 saturated heterocycles. The van der Waals surface area contributed by atoms with Gasteiger partial charge in [-0.05, 0) is 24.3 Å². The highest BCUT2D eigenvalue weighted by Gasteiger charge is 2.12. The number of nitrogens with zero attached hydrogens (tertiary/aromatic N) is 1. The second-order valence-corrected chi connectivity index (χ2v) is 3.58. The minimum absolute atomic E-state index is 0.431. The molecule has 0 amide bonds. The van der Waals surface area contributed by atoms with Crippen LogP contribution in [-0.4, -0.2) is 0 Å². The molecule has 4 heteroatoms. The monoisotopic (exact) mass is 220 g/mol. The van der Waals surface area contributed by atoms with Crippen LogP contribution in [-0.2, 0) is 0 Å². The molecule has 1 heterocycles. The minimum atomic E-state index is 0.431. The van der Waals surface area contributed by atoms with Crippen LogP contribution in [0.25, 0.3) is 11.3 Å². The van der Waals surface area contributed by atoms with Gasteiger partial charge in [0.2, 0.25) is 5.69 Å². The first kappa shape index (κ1) is 9.80. The number of rotatable bonds is 1. The largest absolute Gasteiger partial charge is 0.618 e. The van der Waals surface area contributed by atoms with Crippen molar-refractivity contribution in [3.8, 4) is 11.3 Å². The van der Waals surface area contributed by atoms with Crippen LogP contribution in [0.5, 0.6) is 0 Å². The summed E-state index contributed by atoms with van der Waals surface area (Å²) in [6, 6.07) is 10.3. The molecule has 0 atom stereocenters. The first-order chi connectivity index (χ1) is 7.18. The van der Waals surface area contributed by atoms with Crippen molar-refractivity contribution in [2.24, 2.45) is 0 Å². The number of pyridine rings is 1. The van der Waals surface area contributed by atoms with Gasteiger partial charge in [-0.15, -0.1) is 0 Å². The molecule has 0 aliphatic rings. The van der Waals surface area contributed by atoms with Gasteiger partial charge in [0.05, 0.1) is 5.56 Å². The van der Waals surface area contributed by atoms with Crippen LogP contribution < -0.4 is 10.5 Å². The first-order valence-electron chi connectivity index (χ1n) is 4.42. The van der Waals surface area contributed by atoms with Crippen molar-refractivity contribution in [2.45, 2.75) is 0 Å². The number of benzene rings is 1. The van der Waals surface area contributed by atoms with E-state index in [2.05, 4.69) is 0 Å². The fraction of sp³-hybridized carbons (Fsp3) is 0. The highest BCUT2D eigenvalue weighted by atomic mass is 35.5. The number of halogens is 1. The average Bonchev–Trinajstić information content (AvgIpc) is 2.17. The summed E-state index contributed by atoms with van der Waals surface area (Å²) in [5, 5.41) is 12.1. The Labute approximate surface area is 92.3 Å². The number of nitrogens with two attached hydrogens (primary N) is 1. The summed E-state index contributed by atoms with van der Waals surface area (Å²) in [7, 11) is 0. The molecule has 15 heavy (non-hydrogen) atoms. The summed E-state index contributed by atoms with van der Waals surface area (Å²) in [5.74, 6) is 0. The lowest BCUT2D eigenvalue weighted by Crippen LogP contribution is -2.29. The van der Waals surface area contributed by atoms with E-state index in [0.29, 0.717) is 16.4 Å². The zero-order valence-corrected chi connectivity index (χ0v) is 8.61. The number of anilines is 1. The zero-order valence-electron chi connectivity index (χ0n) is 7.85. The minimum Gasteiger partial charge on any atom is -0.618 e. The van der Waals surface area contributed by atoms with Gasteiger partial charge in [-0.1, -0.05) is 17.7 Å². The molecule has 3 nitrogen and oxygen atoms in total. The number of hydrogen-bond donors (Lipinski definition) is 1. The Kier molecular flexibility index (Phi) is 2.47. The molecular weight excluding hydrogens is 212 g/mol. The second kappa shape index (κ2) is 3.79. The fourth-order valence-corrected chi connectivity index (χ4v) is 1.63. The van der Waals surface area contributed by atoms with Crippen LogP contribution in [0.15, 0.2) is 42.6 Å². The van der Waals surface area contributed by atoms with Crippen LogP contribution in [0.3, 0.4) is 0 Å². The van der Waals surface area contributed by atoms with E-state index in [4.69, 9.17) is 17.3 Å². The number of hydrogen-bond acceptors (Lipinski definition) is 2. The maximum absolute atomic E-state index is 11.5. The molecule has 2 rings (SSSR count). The number of nitrogen functional groups attached to an aromatic ring is 1. The van der Waals surface area contributed by atoms with Crippen molar-refractivity contribution in [1.82, 2.24) is 0 Å². The predicted octanol–water partition coefficient (Wildman–Crippen LogP) is 2.22. The van der Waals surface area contributed by atoms with Gasteiger partial charge in [0.15, 0.2) is 6.20 Å². The van der Waals surface area contributed by atoms with Crippen molar-refractivity contribution in [2.75, 3.05) is 5.73 Å². The van der Waals surface area contributed by atoms with E-state index in [-0.39, 0.29) is 0 Å². The topological polar surface area (TPSA) is 53.0 Å². The number of aromatic nitrogens is 1. The third kappa shape index (κ3) is 1.87. The lowest BCUT2D eigenvalue weighted by atomic mass is 10.1. The molecule has 1 aromatic carbocycles. The summed E-state index contributed by atoms with van der Waals surface area (Å²) in [6.07, 6.45) is 1.41. The Bertz CT molecular complexity index is 479. The standard InChI is InChI=1S/C11H9ClN2O/c12-9-4-1-3-8(7-9)11-10(13)5-2-6-14(11)15/h1-7H,13H2. The van der Waals surface area contributed by atoms with E-state index >= 15 is 0 Å². The summed E-state index contributed by atoms with van der Waals surface area (Å²) in [6.45, 7) is 0. The molecule has 0 fully saturated rings. The van der Waals surface area contributed by atoms with Gasteiger partial charge >= 0.3 is 0 Å². The zero-order chi connectivity index (χ0) is 10.8. The normalized spacial score (nSPS) is 10.2. The Morgan fingerprint density at radius 1 is 1.20 bits per heavy atom. The van der Waals surface area contributed by atoms with Gasteiger partial charge in [0.25, 0.3) is 0 Å². The van der Waals surface area contributed by atoms with E-state index in [1.54, 1.807) is 36.4 Å². The summed E-state index contributed by atoms with van der Waals surface area (Å²) < 4.78 is 0.737. The molecule has 0 unspecified atom stereocenters. The Balaban J connectivity index is 2.63. The smallest absolute Gasteiger partial charge is 0.246 e. The summed E-state index contributed by atoms with van der Waals surface area (Å²) in [5.41, 5.74) is 7.33. The highest BCUT2D eigenvalue weighted by Crippen LogP contribution is 2.23. The van der Waals surface area contributed by atoms with Crippen molar-refractivity contribution in [3.63, 3.8) is 0 Å². The molecule has 0 radical (unpaired) electrons. The highest BCUT2D eigenvalue weighted by molar-refractivity contribution is 6.30. The molecule has 2 N–H and O–H groups in total. The van der Waals surface area contributed by atoms with Gasteiger partial charge in [-0.25, -0.2) is 0 Å². The van der Waals surface area contributed by atoms with Crippen molar-refractivity contribution < 1.29 is 4.73 Å². The SMILES string of the molecule is Nc1ccc[n+]([O-])c1-c1cccc(Cl)c1. The lowest BCUT2D eigenvalue weighted by molar-refractivity contribution is -0.593. The van der Waals surface area contributed by atoms with Crippen molar-refractivity contribution >= 4 is 17.3 Å². The lowest BCUT2D eigenvalue weighted by Gasteiger charge is -2.06. The second-order valence-electron chi connectivity index (χ2n) is 3.15. The Morgan fingerprint density at radius 2 is 2.00 bits per heavy atom. The molecule has 0 bridgehead atoms. The molecule has 0 aliphatic heterocycles. The molecular formula is C11H9ClN2O. The Morgan fingerprint density at radius 3 is 2.67 bits per heavy atom. The fourth-order valence-electron chi connectivity index (χ4n) is 1.44. The average molecular weight is 221 g/mol. The van der Waals surface area contributed by atoms with E-state index < -0.39 is 0 Å². The third-order valence-corrected chi connectivity index (χ3v) is 2.32. The van der Waals surface area contributed by atoms with Gasteiger partial charge < -0.3 is 10.9 Å². The van der Waals surface area contributed by atoms with Crippen molar-refractivity contribution in [1.29, 1.82) is 0 Å². The van der Waals surface area contributed by atoms with Crippen LogP contribution in [0, 0.1) is 5.21 Å². The maximum atomic E-state index is 11.5. The van der Waals surface area contributed by atoms with Gasteiger partial charge in [-0.2, -0.15) is 4.73 Å². The summed E-state index contributed by atoms with van der Waals surface area (Å²) in [4.78, 5) is 0. The first-order valence-corrected chi connectivity index (χ1v) is 4.80.